The molecule has 41 heavy (non-hydrogen) atoms. The Morgan fingerprint density at radius 3 is 2.05 bits per heavy atom. The summed E-state index contributed by atoms with van der Waals surface area (Å²) >= 11 is 0. The van der Waals surface area contributed by atoms with E-state index in [0.717, 1.165) is 0 Å². The summed E-state index contributed by atoms with van der Waals surface area (Å²) in [6.07, 6.45) is -3.26. The number of hydrogen-bond donors (Lipinski definition) is 4. The van der Waals surface area contributed by atoms with Gasteiger partial charge in [0.2, 0.25) is 0 Å². The number of ether oxygens (including phenoxy) is 2. The lowest BCUT2D eigenvalue weighted by atomic mass is 9.60. The zero-order valence-electron chi connectivity index (χ0n) is 23.0. The number of anilines is 1. The zero-order chi connectivity index (χ0) is 29.2. The van der Waals surface area contributed by atoms with Crippen molar-refractivity contribution in [3.05, 3.63) is 124 Å². The Kier molecular flexibility index (Phi) is 7.97. The van der Waals surface area contributed by atoms with Crippen molar-refractivity contribution in [2.45, 2.75) is 55.3 Å². The number of nitrogens with two attached hydrogens (primary N) is 1. The minimum Gasteiger partial charge on any atom is -0.497 e. The number of methoxy groups -OCH3 is 1. The molecule has 1 saturated heterocycles. The van der Waals surface area contributed by atoms with Crippen molar-refractivity contribution in [2.24, 2.45) is 0 Å². The predicted octanol–water partition coefficient (Wildman–Crippen LogP) is 2.80. The maximum atomic E-state index is 13.7. The second-order valence-corrected chi connectivity index (χ2v) is 10.3. The normalized spacial score (nSPS) is 23.3. The molecule has 5 N–H and O–H groups in total. The smallest absolute Gasteiger partial charge is 0.351 e. The van der Waals surface area contributed by atoms with Gasteiger partial charge in [-0.1, -0.05) is 86.1 Å². The molecule has 0 saturated carbocycles. The van der Waals surface area contributed by atoms with Crippen LogP contribution in [0, 0.1) is 0 Å². The lowest BCUT2D eigenvalue weighted by Crippen LogP contribution is -2.64. The van der Waals surface area contributed by atoms with Crippen LogP contribution in [0.5, 0.6) is 5.75 Å². The molecular weight excluding hydrogens is 522 g/mol. The van der Waals surface area contributed by atoms with E-state index in [1.54, 1.807) is 19.2 Å². The van der Waals surface area contributed by atoms with E-state index in [1.807, 2.05) is 79.7 Å². The van der Waals surface area contributed by atoms with Crippen molar-refractivity contribution in [2.75, 3.05) is 12.8 Å². The van der Waals surface area contributed by atoms with Gasteiger partial charge in [0.25, 0.3) is 0 Å². The summed E-state index contributed by atoms with van der Waals surface area (Å²) in [4.78, 5) is 17.7. The van der Waals surface area contributed by atoms with E-state index < -0.39 is 41.2 Å². The lowest BCUT2D eigenvalue weighted by Gasteiger charge is -2.51. The molecule has 4 aromatic rings. The summed E-state index contributed by atoms with van der Waals surface area (Å²) in [6, 6.07) is 27.4. The van der Waals surface area contributed by atoms with Gasteiger partial charge >= 0.3 is 5.69 Å². The zero-order valence-corrected chi connectivity index (χ0v) is 23.0. The monoisotopic (exact) mass is 557 g/mol. The van der Waals surface area contributed by atoms with E-state index in [4.69, 9.17) is 15.2 Å². The Morgan fingerprint density at radius 2 is 1.54 bits per heavy atom. The topological polar surface area (TPSA) is 140 Å². The van der Waals surface area contributed by atoms with Gasteiger partial charge in [0.05, 0.1) is 18.6 Å². The van der Waals surface area contributed by atoms with E-state index in [9.17, 15) is 20.1 Å². The maximum Gasteiger partial charge on any atom is 0.351 e. The van der Waals surface area contributed by atoms with E-state index >= 15 is 0 Å². The Hall–Kier alpha value is -4.02. The van der Waals surface area contributed by atoms with Gasteiger partial charge in [-0.05, 0) is 41.3 Å². The Labute approximate surface area is 238 Å². The quantitative estimate of drug-likeness (QED) is 0.230. The average molecular weight is 558 g/mol. The highest BCUT2D eigenvalue weighted by Gasteiger charge is 2.69. The lowest BCUT2D eigenvalue weighted by molar-refractivity contribution is -0.190. The molecule has 5 rings (SSSR count). The molecule has 9 heteroatoms. The molecule has 0 spiro atoms. The molecule has 0 radical (unpaired) electrons. The molecule has 1 aliphatic rings. The van der Waals surface area contributed by atoms with Crippen LogP contribution in [0.15, 0.2) is 102 Å². The summed E-state index contributed by atoms with van der Waals surface area (Å²) < 4.78 is 13.4. The number of aromatic nitrogens is 2. The molecule has 2 heterocycles. The number of nitrogen functional groups attached to an aromatic ring is 1. The number of rotatable bonds is 9. The number of nitrogens with zero attached hydrogens (tertiary/aromatic N) is 2. The Morgan fingerprint density at radius 1 is 0.976 bits per heavy atom. The molecule has 214 valence electrons. The van der Waals surface area contributed by atoms with Gasteiger partial charge in [0.15, 0.2) is 5.72 Å². The molecule has 1 fully saturated rings. The van der Waals surface area contributed by atoms with Crippen molar-refractivity contribution in [3.63, 3.8) is 0 Å². The number of aliphatic hydroxyl groups is 3. The van der Waals surface area contributed by atoms with E-state index in [2.05, 4.69) is 4.98 Å². The molecule has 5 atom stereocenters. The minimum absolute atomic E-state index is 0.00790. The van der Waals surface area contributed by atoms with Gasteiger partial charge < -0.3 is 30.5 Å². The van der Waals surface area contributed by atoms with Crippen LogP contribution in [-0.2, 0) is 15.9 Å². The van der Waals surface area contributed by atoms with E-state index in [1.165, 1.54) is 16.8 Å². The van der Waals surface area contributed by atoms with Gasteiger partial charge in [-0.3, -0.25) is 4.57 Å². The first kappa shape index (κ1) is 28.5. The molecule has 0 bridgehead atoms. The molecule has 0 amide bonds. The van der Waals surface area contributed by atoms with Crippen LogP contribution >= 0.6 is 0 Å². The van der Waals surface area contributed by atoms with Crippen molar-refractivity contribution in [3.8, 4) is 5.75 Å². The van der Waals surface area contributed by atoms with Crippen LogP contribution in [0.25, 0.3) is 0 Å². The van der Waals surface area contributed by atoms with Crippen molar-refractivity contribution in [1.29, 1.82) is 0 Å². The van der Waals surface area contributed by atoms with Crippen LogP contribution in [0.3, 0.4) is 0 Å². The molecule has 9 nitrogen and oxygen atoms in total. The van der Waals surface area contributed by atoms with E-state index in [0.29, 0.717) is 35.3 Å². The summed E-state index contributed by atoms with van der Waals surface area (Å²) in [5.74, 6) is 0.597. The van der Waals surface area contributed by atoms with E-state index in [-0.39, 0.29) is 5.82 Å². The molecule has 0 aliphatic carbocycles. The van der Waals surface area contributed by atoms with Gasteiger partial charge in [-0.15, -0.1) is 0 Å². The Bertz CT molecular complexity index is 1470. The molecule has 1 aliphatic heterocycles. The summed E-state index contributed by atoms with van der Waals surface area (Å²) in [5, 5.41) is 34.9. The molecule has 3 aromatic carbocycles. The fourth-order valence-electron chi connectivity index (χ4n) is 6.22. The van der Waals surface area contributed by atoms with Crippen LogP contribution in [0.4, 0.5) is 5.82 Å². The first-order valence-electron chi connectivity index (χ1n) is 13.6. The van der Waals surface area contributed by atoms with Crippen molar-refractivity contribution in [1.82, 2.24) is 9.55 Å². The van der Waals surface area contributed by atoms with Crippen molar-refractivity contribution >= 4 is 5.82 Å². The minimum atomic E-state index is -2.04. The standard InChI is InChI=1S/C32H35N3O6/c1-3-10-25(36)28-27(37)29(38)32(41-28,35-20-19-26(33)34-30(35)39)31(21-11-6-4-7-12-21,22-13-8-5-9-14-22)23-15-17-24(40-2)18-16-23/h4-9,11-20,25,27-29,36-38H,3,10H2,1-2H3,(H2,33,34,39)/t25?,27-,28-,29-,32+/m1/s1. The highest BCUT2D eigenvalue weighted by atomic mass is 16.6. The fraction of sp³-hybridized carbons (Fsp3) is 0.312. The second kappa shape index (κ2) is 11.5. The maximum absolute atomic E-state index is 13.7. The van der Waals surface area contributed by atoms with Gasteiger partial charge in [-0.2, -0.15) is 4.98 Å². The summed E-state index contributed by atoms with van der Waals surface area (Å²) in [6.45, 7) is 1.90. The van der Waals surface area contributed by atoms with Crippen LogP contribution in [-0.4, -0.2) is 56.4 Å². The first-order valence-corrected chi connectivity index (χ1v) is 13.6. The van der Waals surface area contributed by atoms with Gasteiger partial charge in [0.1, 0.15) is 29.9 Å². The summed E-state index contributed by atoms with van der Waals surface area (Å²) in [7, 11) is 1.57. The highest BCUT2D eigenvalue weighted by molar-refractivity contribution is 5.55. The molecule has 1 aromatic heterocycles. The largest absolute Gasteiger partial charge is 0.497 e. The third-order valence-corrected chi connectivity index (χ3v) is 8.00. The fourth-order valence-corrected chi connectivity index (χ4v) is 6.22. The van der Waals surface area contributed by atoms with Gasteiger partial charge in [-0.25, -0.2) is 4.79 Å². The Balaban J connectivity index is 1.98. The van der Waals surface area contributed by atoms with Crippen LogP contribution < -0.4 is 16.2 Å². The highest BCUT2D eigenvalue weighted by Crippen LogP contribution is 2.57. The second-order valence-electron chi connectivity index (χ2n) is 10.3. The van der Waals surface area contributed by atoms with Crippen molar-refractivity contribution < 1.29 is 24.8 Å². The third-order valence-electron chi connectivity index (χ3n) is 8.00. The summed E-state index contributed by atoms with van der Waals surface area (Å²) in [5.41, 5.74) is 3.56. The molecule has 1 unspecified atom stereocenters. The number of benzene rings is 3. The van der Waals surface area contributed by atoms with Gasteiger partial charge in [0, 0.05) is 6.20 Å². The molecular formula is C32H35N3O6. The van der Waals surface area contributed by atoms with Crippen LogP contribution in [0.1, 0.15) is 36.5 Å². The third kappa shape index (κ3) is 4.51. The SMILES string of the molecule is CCCC(O)[C@H]1O[C@](n2ccc(N)nc2=O)(C(c2ccccc2)(c2ccccc2)c2ccc(OC)cc2)[C@H](O)[C@@H]1O. The predicted molar refractivity (Wildman–Crippen MR) is 154 cm³/mol. The van der Waals surface area contributed by atoms with Crippen LogP contribution in [0.2, 0.25) is 0 Å². The first-order chi connectivity index (χ1) is 19.8. The number of hydrogen-bond acceptors (Lipinski definition) is 8. The average Bonchev–Trinajstić information content (AvgIpc) is 3.26. The number of aliphatic hydroxyl groups excluding tert-OH is 3.